The molecule has 88 valence electrons. The molecule has 0 saturated heterocycles. The van der Waals surface area contributed by atoms with Gasteiger partial charge in [-0.05, 0) is 13.0 Å². The highest BCUT2D eigenvalue weighted by Crippen LogP contribution is 2.36. The van der Waals surface area contributed by atoms with Crippen molar-refractivity contribution in [3.8, 4) is 0 Å². The third-order valence-corrected chi connectivity index (χ3v) is 4.48. The SMILES string of the molecule is Cc1csc(Sc2ccc([N+](=O)[O-])cc2Cl)n1. The lowest BCUT2D eigenvalue weighted by molar-refractivity contribution is -0.384. The number of nitro groups is 1. The molecule has 0 radical (unpaired) electrons. The van der Waals surface area contributed by atoms with Crippen molar-refractivity contribution in [1.29, 1.82) is 0 Å². The van der Waals surface area contributed by atoms with Crippen LogP contribution in [0.3, 0.4) is 0 Å². The van der Waals surface area contributed by atoms with Gasteiger partial charge < -0.3 is 0 Å². The third kappa shape index (κ3) is 2.96. The van der Waals surface area contributed by atoms with Crippen molar-refractivity contribution in [2.75, 3.05) is 0 Å². The van der Waals surface area contributed by atoms with Crippen LogP contribution in [0, 0.1) is 17.0 Å². The number of non-ortho nitro benzene ring substituents is 1. The summed E-state index contributed by atoms with van der Waals surface area (Å²) >= 11 is 8.91. The van der Waals surface area contributed by atoms with Crippen LogP contribution in [0.5, 0.6) is 0 Å². The lowest BCUT2D eigenvalue weighted by Crippen LogP contribution is -1.87. The molecule has 17 heavy (non-hydrogen) atoms. The first-order valence-corrected chi connectivity index (χ1v) is 6.67. The average Bonchev–Trinajstić information content (AvgIpc) is 2.67. The number of hydrogen-bond donors (Lipinski definition) is 0. The van der Waals surface area contributed by atoms with Crippen LogP contribution < -0.4 is 0 Å². The van der Waals surface area contributed by atoms with Gasteiger partial charge in [-0.3, -0.25) is 10.1 Å². The number of benzene rings is 1. The minimum absolute atomic E-state index is 0.00494. The summed E-state index contributed by atoms with van der Waals surface area (Å²) in [6.45, 7) is 1.91. The van der Waals surface area contributed by atoms with Crippen LogP contribution >= 0.6 is 34.7 Å². The molecule has 0 unspecified atom stereocenters. The average molecular weight is 287 g/mol. The van der Waals surface area contributed by atoms with E-state index in [0.717, 1.165) is 14.9 Å². The summed E-state index contributed by atoms with van der Waals surface area (Å²) in [6, 6.07) is 4.43. The van der Waals surface area contributed by atoms with Gasteiger partial charge in [-0.15, -0.1) is 11.3 Å². The Kier molecular flexibility index (Phi) is 3.66. The molecule has 1 aromatic heterocycles. The van der Waals surface area contributed by atoms with E-state index in [-0.39, 0.29) is 5.69 Å². The maximum absolute atomic E-state index is 10.6. The molecule has 0 saturated carbocycles. The Morgan fingerprint density at radius 3 is 2.82 bits per heavy atom. The quantitative estimate of drug-likeness (QED) is 0.628. The molecule has 1 aromatic carbocycles. The Morgan fingerprint density at radius 1 is 1.53 bits per heavy atom. The Bertz CT molecular complexity index is 571. The zero-order valence-corrected chi connectivity index (χ0v) is 11.1. The summed E-state index contributed by atoms with van der Waals surface area (Å²) in [5.74, 6) is 0. The molecule has 0 amide bonds. The number of aromatic nitrogens is 1. The van der Waals surface area contributed by atoms with E-state index < -0.39 is 4.92 Å². The first-order valence-electron chi connectivity index (χ1n) is 4.60. The summed E-state index contributed by atoms with van der Waals surface area (Å²) in [4.78, 5) is 15.2. The van der Waals surface area contributed by atoms with E-state index in [1.165, 1.54) is 35.2 Å². The second-order valence-corrected chi connectivity index (χ2v) is 5.78. The van der Waals surface area contributed by atoms with Crippen LogP contribution in [0.25, 0.3) is 0 Å². The van der Waals surface area contributed by atoms with Gasteiger partial charge in [0.2, 0.25) is 0 Å². The molecule has 2 rings (SSSR count). The molecule has 0 aliphatic carbocycles. The highest BCUT2D eigenvalue weighted by Gasteiger charge is 2.11. The Labute approximate surface area is 111 Å². The van der Waals surface area contributed by atoms with Gasteiger partial charge >= 0.3 is 0 Å². The van der Waals surface area contributed by atoms with Crippen LogP contribution in [0.15, 0.2) is 32.8 Å². The smallest absolute Gasteiger partial charge is 0.258 e. The standard InChI is InChI=1S/C10H7ClN2O2S2/c1-6-5-16-10(12-6)17-9-3-2-7(13(14)15)4-8(9)11/h2-5H,1H3. The predicted octanol–water partition coefficient (Wildman–Crippen LogP) is 4.16. The number of halogens is 1. The maximum Gasteiger partial charge on any atom is 0.270 e. The summed E-state index contributed by atoms with van der Waals surface area (Å²) in [7, 11) is 0. The first-order chi connectivity index (χ1) is 8.06. The van der Waals surface area contributed by atoms with E-state index in [4.69, 9.17) is 11.6 Å². The van der Waals surface area contributed by atoms with Gasteiger partial charge in [0.25, 0.3) is 5.69 Å². The van der Waals surface area contributed by atoms with Crippen molar-refractivity contribution in [2.24, 2.45) is 0 Å². The molecule has 0 fully saturated rings. The van der Waals surface area contributed by atoms with Gasteiger partial charge in [0.15, 0.2) is 4.34 Å². The molecule has 0 N–H and O–H groups in total. The molecule has 2 aromatic rings. The molecule has 7 heteroatoms. The second kappa shape index (κ2) is 5.03. The second-order valence-electron chi connectivity index (χ2n) is 3.23. The minimum atomic E-state index is -0.464. The number of aryl methyl sites for hydroxylation is 1. The van der Waals surface area contributed by atoms with Gasteiger partial charge in [0, 0.05) is 28.1 Å². The van der Waals surface area contributed by atoms with Crippen LogP contribution in [-0.4, -0.2) is 9.91 Å². The van der Waals surface area contributed by atoms with E-state index in [1.807, 2.05) is 12.3 Å². The van der Waals surface area contributed by atoms with Gasteiger partial charge in [-0.1, -0.05) is 23.4 Å². The van der Waals surface area contributed by atoms with Crippen molar-refractivity contribution < 1.29 is 4.92 Å². The molecule has 0 atom stereocenters. The monoisotopic (exact) mass is 286 g/mol. The fourth-order valence-electron chi connectivity index (χ4n) is 1.16. The number of hydrogen-bond acceptors (Lipinski definition) is 5. The molecule has 0 bridgehead atoms. The van der Waals surface area contributed by atoms with Gasteiger partial charge in [0.05, 0.1) is 9.95 Å². The van der Waals surface area contributed by atoms with Crippen LogP contribution in [0.2, 0.25) is 5.02 Å². The van der Waals surface area contributed by atoms with E-state index in [9.17, 15) is 10.1 Å². The van der Waals surface area contributed by atoms with Crippen LogP contribution in [0.4, 0.5) is 5.69 Å². The van der Waals surface area contributed by atoms with E-state index in [1.54, 1.807) is 6.07 Å². The third-order valence-electron chi connectivity index (χ3n) is 1.92. The van der Waals surface area contributed by atoms with E-state index in [2.05, 4.69) is 4.98 Å². The van der Waals surface area contributed by atoms with Crippen molar-refractivity contribution in [1.82, 2.24) is 4.98 Å². The van der Waals surface area contributed by atoms with Crippen molar-refractivity contribution in [3.05, 3.63) is 44.4 Å². The summed E-state index contributed by atoms with van der Waals surface area (Å²) in [5.41, 5.74) is 0.949. The Hall–Kier alpha value is -1.11. The van der Waals surface area contributed by atoms with Crippen molar-refractivity contribution in [2.45, 2.75) is 16.2 Å². The maximum atomic E-state index is 10.6. The fourth-order valence-corrected chi connectivity index (χ4v) is 3.25. The van der Waals surface area contributed by atoms with Crippen LogP contribution in [0.1, 0.15) is 5.69 Å². The van der Waals surface area contributed by atoms with Gasteiger partial charge in [0.1, 0.15) is 0 Å². The molecular weight excluding hydrogens is 280 g/mol. The Morgan fingerprint density at radius 2 is 2.29 bits per heavy atom. The summed E-state index contributed by atoms with van der Waals surface area (Å²) < 4.78 is 0.873. The van der Waals surface area contributed by atoms with E-state index in [0.29, 0.717) is 5.02 Å². The summed E-state index contributed by atoms with van der Waals surface area (Å²) in [5, 5.41) is 12.9. The molecule has 0 aliphatic rings. The van der Waals surface area contributed by atoms with Crippen molar-refractivity contribution in [3.63, 3.8) is 0 Å². The normalized spacial score (nSPS) is 10.5. The lowest BCUT2D eigenvalue weighted by atomic mass is 10.3. The number of thiazole rings is 1. The van der Waals surface area contributed by atoms with E-state index >= 15 is 0 Å². The first kappa shape index (κ1) is 12.3. The molecule has 0 spiro atoms. The fraction of sp³-hybridized carbons (Fsp3) is 0.100. The zero-order valence-electron chi connectivity index (χ0n) is 8.71. The summed E-state index contributed by atoms with van der Waals surface area (Å²) in [6.07, 6.45) is 0. The minimum Gasteiger partial charge on any atom is -0.258 e. The largest absolute Gasteiger partial charge is 0.270 e. The van der Waals surface area contributed by atoms with Crippen molar-refractivity contribution >= 4 is 40.4 Å². The number of nitro benzene ring substituents is 1. The lowest BCUT2D eigenvalue weighted by Gasteiger charge is -2.00. The molecular formula is C10H7ClN2O2S2. The van der Waals surface area contributed by atoms with Crippen LogP contribution in [-0.2, 0) is 0 Å². The number of nitrogens with zero attached hydrogens (tertiary/aromatic N) is 2. The zero-order chi connectivity index (χ0) is 12.4. The Balaban J connectivity index is 2.25. The van der Waals surface area contributed by atoms with Gasteiger partial charge in [-0.2, -0.15) is 0 Å². The highest BCUT2D eigenvalue weighted by atomic mass is 35.5. The van der Waals surface area contributed by atoms with Gasteiger partial charge in [-0.25, -0.2) is 4.98 Å². The predicted molar refractivity (Wildman–Crippen MR) is 69.1 cm³/mol. The highest BCUT2D eigenvalue weighted by molar-refractivity contribution is 8.01. The molecule has 0 aliphatic heterocycles. The molecule has 4 nitrogen and oxygen atoms in total. The molecule has 1 heterocycles. The number of rotatable bonds is 3. The topological polar surface area (TPSA) is 56.0 Å².